The van der Waals surface area contributed by atoms with Crippen molar-refractivity contribution in [3.05, 3.63) is 22.8 Å². The minimum atomic E-state index is 0.581. The molecule has 3 nitrogen and oxygen atoms in total. The molecule has 16 heavy (non-hydrogen) atoms. The molecule has 0 unspecified atom stereocenters. The van der Waals surface area contributed by atoms with Crippen molar-refractivity contribution in [1.82, 2.24) is 4.98 Å². The zero-order valence-corrected chi connectivity index (χ0v) is 10.3. The van der Waals surface area contributed by atoms with E-state index in [9.17, 15) is 0 Å². The van der Waals surface area contributed by atoms with Crippen LogP contribution in [-0.2, 0) is 4.74 Å². The van der Waals surface area contributed by atoms with Gasteiger partial charge in [0, 0.05) is 19.8 Å². The van der Waals surface area contributed by atoms with Gasteiger partial charge in [0.05, 0.1) is 0 Å². The first-order valence-corrected chi connectivity index (χ1v) is 6.08. The summed E-state index contributed by atoms with van der Waals surface area (Å²) in [5, 5.41) is 3.91. The normalized spacial score (nSPS) is 17.4. The monoisotopic (exact) mass is 240 g/mol. The molecule has 1 N–H and O–H groups in total. The summed E-state index contributed by atoms with van der Waals surface area (Å²) in [5.41, 5.74) is 1.01. The van der Waals surface area contributed by atoms with Gasteiger partial charge < -0.3 is 10.1 Å². The van der Waals surface area contributed by atoms with Crippen molar-refractivity contribution in [2.24, 2.45) is 5.92 Å². The van der Waals surface area contributed by atoms with Crippen LogP contribution >= 0.6 is 11.6 Å². The summed E-state index contributed by atoms with van der Waals surface area (Å²) in [4.78, 5) is 4.28. The lowest BCUT2D eigenvalue weighted by Crippen LogP contribution is -2.22. The number of aryl methyl sites for hydroxylation is 1. The number of hydrogen-bond donors (Lipinski definition) is 1. The minimum Gasteiger partial charge on any atom is -0.381 e. The van der Waals surface area contributed by atoms with Crippen molar-refractivity contribution >= 4 is 17.4 Å². The third-order valence-electron chi connectivity index (χ3n) is 2.95. The molecule has 1 fully saturated rings. The van der Waals surface area contributed by atoms with Gasteiger partial charge in [-0.1, -0.05) is 17.7 Å². The van der Waals surface area contributed by atoms with E-state index in [0.29, 0.717) is 11.1 Å². The van der Waals surface area contributed by atoms with Crippen LogP contribution in [0.3, 0.4) is 0 Å². The van der Waals surface area contributed by atoms with Crippen molar-refractivity contribution in [1.29, 1.82) is 0 Å². The number of hydrogen-bond acceptors (Lipinski definition) is 3. The van der Waals surface area contributed by atoms with Crippen LogP contribution in [0.4, 0.5) is 5.82 Å². The Morgan fingerprint density at radius 2 is 2.19 bits per heavy atom. The summed E-state index contributed by atoms with van der Waals surface area (Å²) < 4.78 is 5.32. The number of pyridine rings is 1. The van der Waals surface area contributed by atoms with E-state index in [-0.39, 0.29) is 0 Å². The number of ether oxygens (including phenoxy) is 1. The Bertz CT molecular complexity index is 351. The Kier molecular flexibility index (Phi) is 4.02. The molecule has 1 aliphatic heterocycles. The molecular weight excluding hydrogens is 224 g/mol. The highest BCUT2D eigenvalue weighted by Crippen LogP contribution is 2.18. The second kappa shape index (κ2) is 5.51. The summed E-state index contributed by atoms with van der Waals surface area (Å²) in [5.74, 6) is 1.55. The Balaban J connectivity index is 1.86. The average Bonchev–Trinajstić information content (AvgIpc) is 2.32. The maximum absolute atomic E-state index is 5.96. The van der Waals surface area contributed by atoms with Crippen molar-refractivity contribution in [3.63, 3.8) is 0 Å². The minimum absolute atomic E-state index is 0.581. The van der Waals surface area contributed by atoms with E-state index in [2.05, 4.69) is 10.3 Å². The summed E-state index contributed by atoms with van der Waals surface area (Å²) in [6, 6.07) is 3.96. The third-order valence-corrected chi connectivity index (χ3v) is 3.33. The van der Waals surface area contributed by atoms with Crippen molar-refractivity contribution in [2.75, 3.05) is 25.1 Å². The lowest BCUT2D eigenvalue weighted by atomic mass is 10.0. The number of rotatable bonds is 3. The van der Waals surface area contributed by atoms with E-state index in [1.54, 1.807) is 0 Å². The quantitative estimate of drug-likeness (QED) is 0.825. The zero-order chi connectivity index (χ0) is 11.4. The molecule has 0 aliphatic carbocycles. The largest absolute Gasteiger partial charge is 0.381 e. The van der Waals surface area contributed by atoms with E-state index < -0.39 is 0 Å². The molecule has 0 bridgehead atoms. The SMILES string of the molecule is Cc1ccc(NCC2CCOCC2)nc1Cl. The van der Waals surface area contributed by atoms with Gasteiger partial charge in [-0.2, -0.15) is 0 Å². The first-order valence-electron chi connectivity index (χ1n) is 5.70. The van der Waals surface area contributed by atoms with Gasteiger partial charge in [-0.15, -0.1) is 0 Å². The fraction of sp³-hybridized carbons (Fsp3) is 0.583. The maximum atomic E-state index is 5.96. The van der Waals surface area contributed by atoms with Gasteiger partial charge in [0.15, 0.2) is 0 Å². The predicted octanol–water partition coefficient (Wildman–Crippen LogP) is 2.88. The van der Waals surface area contributed by atoms with Crippen LogP contribution in [0.1, 0.15) is 18.4 Å². The molecule has 2 heterocycles. The van der Waals surface area contributed by atoms with Gasteiger partial charge in [-0.3, -0.25) is 0 Å². The fourth-order valence-corrected chi connectivity index (χ4v) is 1.96. The van der Waals surface area contributed by atoms with Crippen LogP contribution in [0.15, 0.2) is 12.1 Å². The molecule has 88 valence electrons. The number of halogens is 1. The molecule has 0 radical (unpaired) electrons. The molecule has 1 aliphatic rings. The van der Waals surface area contributed by atoms with Crippen LogP contribution in [0.5, 0.6) is 0 Å². The third kappa shape index (κ3) is 3.09. The number of nitrogens with one attached hydrogen (secondary N) is 1. The predicted molar refractivity (Wildman–Crippen MR) is 66.0 cm³/mol. The Morgan fingerprint density at radius 1 is 1.44 bits per heavy atom. The topological polar surface area (TPSA) is 34.1 Å². The molecule has 1 aromatic heterocycles. The Morgan fingerprint density at radius 3 is 2.88 bits per heavy atom. The standard InChI is InChI=1S/C12H17ClN2O/c1-9-2-3-11(15-12(9)13)14-8-10-4-6-16-7-5-10/h2-3,10H,4-8H2,1H3,(H,14,15). The van der Waals surface area contributed by atoms with Crippen LogP contribution in [0.25, 0.3) is 0 Å². The van der Waals surface area contributed by atoms with Crippen LogP contribution in [-0.4, -0.2) is 24.7 Å². The van der Waals surface area contributed by atoms with Gasteiger partial charge in [0.1, 0.15) is 11.0 Å². The lowest BCUT2D eigenvalue weighted by molar-refractivity contribution is 0.0699. The molecule has 2 rings (SSSR count). The van der Waals surface area contributed by atoms with Crippen LogP contribution in [0.2, 0.25) is 5.15 Å². The van der Waals surface area contributed by atoms with Gasteiger partial charge in [0.2, 0.25) is 0 Å². The Labute approximate surface area is 101 Å². The number of nitrogens with zero attached hydrogens (tertiary/aromatic N) is 1. The Hall–Kier alpha value is -0.800. The van der Waals surface area contributed by atoms with Crippen molar-refractivity contribution in [2.45, 2.75) is 19.8 Å². The molecule has 0 aromatic carbocycles. The van der Waals surface area contributed by atoms with E-state index in [1.807, 2.05) is 19.1 Å². The van der Waals surface area contributed by atoms with Crippen LogP contribution in [0, 0.1) is 12.8 Å². The highest BCUT2D eigenvalue weighted by molar-refractivity contribution is 6.30. The van der Waals surface area contributed by atoms with E-state index in [1.165, 1.54) is 0 Å². The maximum Gasteiger partial charge on any atom is 0.134 e. The van der Waals surface area contributed by atoms with Crippen LogP contribution < -0.4 is 5.32 Å². The van der Waals surface area contributed by atoms with E-state index in [4.69, 9.17) is 16.3 Å². The van der Waals surface area contributed by atoms with Gasteiger partial charge >= 0.3 is 0 Å². The van der Waals surface area contributed by atoms with Gasteiger partial charge in [-0.05, 0) is 37.3 Å². The smallest absolute Gasteiger partial charge is 0.134 e. The molecule has 1 aromatic rings. The van der Waals surface area contributed by atoms with E-state index in [0.717, 1.165) is 44.0 Å². The van der Waals surface area contributed by atoms with Crippen molar-refractivity contribution < 1.29 is 4.74 Å². The second-order valence-corrected chi connectivity index (χ2v) is 4.60. The molecule has 4 heteroatoms. The molecule has 0 spiro atoms. The highest BCUT2D eigenvalue weighted by atomic mass is 35.5. The van der Waals surface area contributed by atoms with E-state index >= 15 is 0 Å². The molecule has 0 amide bonds. The number of aromatic nitrogens is 1. The highest BCUT2D eigenvalue weighted by Gasteiger charge is 2.13. The second-order valence-electron chi connectivity index (χ2n) is 4.24. The van der Waals surface area contributed by atoms with Gasteiger partial charge in [-0.25, -0.2) is 4.98 Å². The molecule has 0 saturated carbocycles. The summed E-state index contributed by atoms with van der Waals surface area (Å²) in [6.07, 6.45) is 2.26. The molecular formula is C12H17ClN2O. The first kappa shape index (κ1) is 11.7. The summed E-state index contributed by atoms with van der Waals surface area (Å²) in [6.45, 7) is 4.68. The van der Waals surface area contributed by atoms with Crippen molar-refractivity contribution in [3.8, 4) is 0 Å². The zero-order valence-electron chi connectivity index (χ0n) is 9.50. The summed E-state index contributed by atoms with van der Waals surface area (Å²) in [7, 11) is 0. The number of anilines is 1. The first-order chi connectivity index (χ1) is 7.75. The molecule has 1 saturated heterocycles. The summed E-state index contributed by atoms with van der Waals surface area (Å²) >= 11 is 5.96. The lowest BCUT2D eigenvalue weighted by Gasteiger charge is -2.22. The molecule has 0 atom stereocenters. The van der Waals surface area contributed by atoms with Gasteiger partial charge in [0.25, 0.3) is 0 Å². The average molecular weight is 241 g/mol. The fourth-order valence-electron chi connectivity index (χ4n) is 1.80.